The van der Waals surface area contributed by atoms with E-state index in [-0.39, 0.29) is 18.0 Å². The zero-order valence-electron chi connectivity index (χ0n) is 9.26. The van der Waals surface area contributed by atoms with Crippen LogP contribution in [-0.4, -0.2) is 25.1 Å². The Labute approximate surface area is 100 Å². The number of alkyl halides is 4. The molecule has 0 unspecified atom stereocenters. The van der Waals surface area contributed by atoms with E-state index in [4.69, 9.17) is 10.5 Å². The topological polar surface area (TPSA) is 44.5 Å². The van der Waals surface area contributed by atoms with Crippen molar-refractivity contribution in [1.82, 2.24) is 0 Å². The average molecular weight is 265 g/mol. The Hall–Kier alpha value is -1.50. The lowest BCUT2D eigenvalue weighted by Gasteiger charge is -2.29. The van der Waals surface area contributed by atoms with Gasteiger partial charge in [-0.2, -0.15) is 17.6 Å². The van der Waals surface area contributed by atoms with Gasteiger partial charge in [-0.15, -0.1) is 0 Å². The maximum absolute atomic E-state index is 13.1. The van der Waals surface area contributed by atoms with E-state index in [1.807, 2.05) is 0 Å². The highest BCUT2D eigenvalue weighted by Gasteiger charge is 2.58. The molecule has 2 rings (SSSR count). The van der Waals surface area contributed by atoms with E-state index < -0.39 is 25.1 Å². The van der Waals surface area contributed by atoms with Crippen LogP contribution in [0.25, 0.3) is 0 Å². The van der Waals surface area contributed by atoms with E-state index in [1.165, 1.54) is 12.1 Å². The van der Waals surface area contributed by atoms with Crippen LogP contribution in [0, 0.1) is 0 Å². The molecule has 0 radical (unpaired) electrons. The highest BCUT2D eigenvalue weighted by molar-refractivity contribution is 5.43. The molecule has 100 valence electrons. The normalized spacial score (nSPS) is 20.9. The van der Waals surface area contributed by atoms with Gasteiger partial charge in [0.25, 0.3) is 0 Å². The summed E-state index contributed by atoms with van der Waals surface area (Å²) in [6.07, 6.45) is 0. The van der Waals surface area contributed by atoms with E-state index in [0.717, 1.165) is 0 Å². The molecule has 0 spiro atoms. The van der Waals surface area contributed by atoms with Gasteiger partial charge in [-0.1, -0.05) is 6.07 Å². The van der Waals surface area contributed by atoms with Crippen molar-refractivity contribution in [2.45, 2.75) is 18.4 Å². The molecule has 3 nitrogen and oxygen atoms in total. The van der Waals surface area contributed by atoms with Gasteiger partial charge in [-0.05, 0) is 17.7 Å². The van der Waals surface area contributed by atoms with Crippen LogP contribution >= 0.6 is 0 Å². The van der Waals surface area contributed by atoms with E-state index in [0.29, 0.717) is 5.56 Å². The van der Waals surface area contributed by atoms with Crippen LogP contribution in [0.15, 0.2) is 18.2 Å². The van der Waals surface area contributed by atoms with Crippen molar-refractivity contribution in [3.05, 3.63) is 23.8 Å². The van der Waals surface area contributed by atoms with Gasteiger partial charge in [0.1, 0.15) is 0 Å². The summed E-state index contributed by atoms with van der Waals surface area (Å²) in [6.45, 7) is -2.61. The monoisotopic (exact) mass is 265 g/mol. The summed E-state index contributed by atoms with van der Waals surface area (Å²) >= 11 is 0. The Bertz CT molecular complexity index is 451. The average Bonchev–Trinajstić information content (AvgIpc) is 2.33. The van der Waals surface area contributed by atoms with Crippen molar-refractivity contribution in [3.8, 4) is 11.5 Å². The fourth-order valence-electron chi connectivity index (χ4n) is 1.46. The summed E-state index contributed by atoms with van der Waals surface area (Å²) in [5.41, 5.74) is 6.02. The number of hydrogen-bond acceptors (Lipinski definition) is 3. The highest BCUT2D eigenvalue weighted by atomic mass is 19.3. The number of rotatable bonds is 1. The Morgan fingerprint density at radius 2 is 1.56 bits per heavy atom. The minimum Gasteiger partial charge on any atom is -0.483 e. The molecule has 1 aromatic rings. The lowest BCUT2D eigenvalue weighted by molar-refractivity contribution is -0.236. The summed E-state index contributed by atoms with van der Waals surface area (Å²) in [6, 6.07) is 4.33. The molecule has 0 saturated heterocycles. The number of nitrogens with two attached hydrogens (primary N) is 1. The second-order valence-electron chi connectivity index (χ2n) is 3.97. The van der Waals surface area contributed by atoms with Crippen LogP contribution < -0.4 is 15.2 Å². The maximum atomic E-state index is 13.1. The van der Waals surface area contributed by atoms with Gasteiger partial charge in [-0.25, -0.2) is 0 Å². The first-order chi connectivity index (χ1) is 8.36. The largest absolute Gasteiger partial charge is 0.483 e. The first-order valence-electron chi connectivity index (χ1n) is 5.20. The second kappa shape index (κ2) is 4.31. The molecule has 0 atom stereocenters. The van der Waals surface area contributed by atoms with E-state index in [1.54, 1.807) is 6.07 Å². The van der Waals surface area contributed by atoms with Crippen LogP contribution in [0.4, 0.5) is 17.6 Å². The van der Waals surface area contributed by atoms with Crippen LogP contribution in [0.2, 0.25) is 0 Å². The Morgan fingerprint density at radius 3 is 2.11 bits per heavy atom. The number of benzene rings is 1. The summed E-state index contributed by atoms with van der Waals surface area (Å²) in [4.78, 5) is 0. The zero-order valence-corrected chi connectivity index (χ0v) is 9.26. The highest BCUT2D eigenvalue weighted by Crippen LogP contribution is 2.40. The fourth-order valence-corrected chi connectivity index (χ4v) is 1.46. The molecule has 0 amide bonds. The lowest BCUT2D eigenvalue weighted by atomic mass is 10.1. The van der Waals surface area contributed by atoms with Crippen LogP contribution in [-0.2, 0) is 6.54 Å². The van der Waals surface area contributed by atoms with Gasteiger partial charge in [0.2, 0.25) is 0 Å². The molecule has 1 aliphatic heterocycles. The fraction of sp³-hybridized carbons (Fsp3) is 0.455. The molecule has 1 heterocycles. The van der Waals surface area contributed by atoms with E-state index >= 15 is 0 Å². The molecular formula is C11H11F4NO2. The maximum Gasteiger partial charge on any atom is 0.346 e. The molecule has 0 saturated carbocycles. The van der Waals surface area contributed by atoms with Crippen molar-refractivity contribution in [3.63, 3.8) is 0 Å². The molecule has 1 aromatic carbocycles. The number of ether oxygens (including phenoxy) is 2. The van der Waals surface area contributed by atoms with Crippen LogP contribution in [0.3, 0.4) is 0 Å². The van der Waals surface area contributed by atoms with Gasteiger partial charge in [0, 0.05) is 6.54 Å². The number of halogens is 4. The van der Waals surface area contributed by atoms with E-state index in [9.17, 15) is 17.6 Å². The summed E-state index contributed by atoms with van der Waals surface area (Å²) in [5, 5.41) is 0. The Morgan fingerprint density at radius 1 is 1.00 bits per heavy atom. The molecule has 0 aliphatic carbocycles. The summed E-state index contributed by atoms with van der Waals surface area (Å²) in [5.74, 6) is -8.55. The standard InChI is InChI=1S/C11H11F4NO2/c12-10(13)5-17-8-2-1-7(4-16)3-9(8)18-6-11(10,14)15/h1-3H,4-6,16H2. The molecule has 0 bridgehead atoms. The van der Waals surface area contributed by atoms with Gasteiger partial charge in [-0.3, -0.25) is 0 Å². The van der Waals surface area contributed by atoms with Crippen LogP contribution in [0.1, 0.15) is 5.56 Å². The van der Waals surface area contributed by atoms with Crippen molar-refractivity contribution in [2.24, 2.45) is 5.73 Å². The molecule has 0 fully saturated rings. The zero-order chi connectivity index (χ0) is 13.4. The predicted molar refractivity (Wildman–Crippen MR) is 55.2 cm³/mol. The third kappa shape index (κ3) is 2.22. The van der Waals surface area contributed by atoms with E-state index in [2.05, 4.69) is 4.74 Å². The molecular weight excluding hydrogens is 254 g/mol. The number of hydrogen-bond donors (Lipinski definition) is 1. The molecule has 0 aromatic heterocycles. The number of fused-ring (bicyclic) bond motifs is 1. The van der Waals surface area contributed by atoms with Crippen molar-refractivity contribution < 1.29 is 27.0 Å². The van der Waals surface area contributed by atoms with Crippen molar-refractivity contribution >= 4 is 0 Å². The third-order valence-electron chi connectivity index (χ3n) is 2.60. The summed E-state index contributed by atoms with van der Waals surface area (Å²) < 4.78 is 61.8. The van der Waals surface area contributed by atoms with Gasteiger partial charge < -0.3 is 15.2 Å². The second-order valence-corrected chi connectivity index (χ2v) is 3.97. The van der Waals surface area contributed by atoms with Crippen molar-refractivity contribution in [2.75, 3.05) is 13.2 Å². The smallest absolute Gasteiger partial charge is 0.346 e. The molecule has 2 N–H and O–H groups in total. The van der Waals surface area contributed by atoms with Gasteiger partial charge >= 0.3 is 11.8 Å². The molecule has 1 aliphatic rings. The predicted octanol–water partition coefficient (Wildman–Crippen LogP) is 2.19. The minimum absolute atomic E-state index is 0.00220. The quantitative estimate of drug-likeness (QED) is 0.791. The molecule has 18 heavy (non-hydrogen) atoms. The minimum atomic E-state index is -4.27. The van der Waals surface area contributed by atoms with Crippen LogP contribution in [0.5, 0.6) is 11.5 Å². The Balaban J connectivity index is 2.32. The first-order valence-corrected chi connectivity index (χ1v) is 5.20. The van der Waals surface area contributed by atoms with Gasteiger partial charge in [0.15, 0.2) is 24.7 Å². The summed E-state index contributed by atoms with van der Waals surface area (Å²) in [7, 11) is 0. The third-order valence-corrected chi connectivity index (χ3v) is 2.60. The van der Waals surface area contributed by atoms with Gasteiger partial charge in [0.05, 0.1) is 0 Å². The lowest BCUT2D eigenvalue weighted by Crippen LogP contribution is -2.50. The molecule has 7 heteroatoms. The first kappa shape index (κ1) is 12.9. The Kier molecular flexibility index (Phi) is 3.10. The van der Waals surface area contributed by atoms with Crippen molar-refractivity contribution in [1.29, 1.82) is 0 Å². The SMILES string of the molecule is NCc1ccc2c(c1)OCC(F)(F)C(F)(F)CO2.